The number of nitrogens with zero attached hydrogens (tertiary/aromatic N) is 4. The highest BCUT2D eigenvalue weighted by atomic mass is 16.3. The topological polar surface area (TPSA) is 75.6 Å². The highest BCUT2D eigenvalue weighted by Gasteiger charge is 2.15. The van der Waals surface area contributed by atoms with E-state index in [1.165, 1.54) is 0 Å². The van der Waals surface area contributed by atoms with Crippen LogP contribution in [-0.4, -0.2) is 15.0 Å². The van der Waals surface area contributed by atoms with Crippen LogP contribution >= 0.6 is 0 Å². The third kappa shape index (κ3) is 5.82. The van der Waals surface area contributed by atoms with Gasteiger partial charge >= 0.3 is 0 Å². The molecular formula is C46H28N4O. The Bertz CT molecular complexity index is 2670. The van der Waals surface area contributed by atoms with Crippen LogP contribution in [-0.2, 0) is 0 Å². The molecule has 0 spiro atoms. The zero-order valence-corrected chi connectivity index (χ0v) is 27.4. The average molecular weight is 653 g/mol. The van der Waals surface area contributed by atoms with Crippen molar-refractivity contribution in [3.05, 3.63) is 176 Å². The maximum absolute atomic E-state index is 9.44. The number of nitriles is 1. The van der Waals surface area contributed by atoms with E-state index < -0.39 is 0 Å². The predicted octanol–water partition coefficient (Wildman–Crippen LogP) is 11.6. The van der Waals surface area contributed by atoms with Crippen molar-refractivity contribution in [1.29, 1.82) is 5.26 Å². The Morgan fingerprint density at radius 2 is 1.00 bits per heavy atom. The van der Waals surface area contributed by atoms with E-state index in [0.29, 0.717) is 17.0 Å². The standard InChI is InChI=1S/C46H28N4O/c47-28-30-13-19-40-41-20-18-35(26-45(41)51-44(40)22-30)38-23-37(32-16-14-31(15-17-32)36-12-7-21-48-29-36)24-39(25-38)43-27-42(33-8-3-1-4-9-33)49-46(50-43)34-10-5-2-6-11-34/h1-27,29H. The monoisotopic (exact) mass is 652 g/mol. The molecule has 5 heteroatoms. The number of aromatic nitrogens is 3. The number of rotatable bonds is 6. The third-order valence-corrected chi connectivity index (χ3v) is 9.21. The van der Waals surface area contributed by atoms with E-state index in [2.05, 4.69) is 96.0 Å². The molecule has 0 aliphatic heterocycles. The van der Waals surface area contributed by atoms with Gasteiger partial charge < -0.3 is 4.42 Å². The van der Waals surface area contributed by atoms with Gasteiger partial charge in [-0.3, -0.25) is 4.98 Å². The molecule has 0 fully saturated rings. The Morgan fingerprint density at radius 1 is 0.431 bits per heavy atom. The molecule has 0 N–H and O–H groups in total. The van der Waals surface area contributed by atoms with Crippen LogP contribution in [0.2, 0.25) is 0 Å². The molecule has 0 atom stereocenters. The summed E-state index contributed by atoms with van der Waals surface area (Å²) in [5, 5.41) is 11.4. The number of hydrogen-bond donors (Lipinski definition) is 0. The molecule has 51 heavy (non-hydrogen) atoms. The van der Waals surface area contributed by atoms with Gasteiger partial charge in [-0.05, 0) is 94.0 Å². The first kappa shape index (κ1) is 29.9. The molecule has 6 aromatic carbocycles. The van der Waals surface area contributed by atoms with Crippen LogP contribution in [0, 0.1) is 11.3 Å². The lowest BCUT2D eigenvalue weighted by atomic mass is 9.93. The lowest BCUT2D eigenvalue weighted by Gasteiger charge is -2.13. The average Bonchev–Trinajstić information content (AvgIpc) is 3.58. The first-order chi connectivity index (χ1) is 25.2. The molecule has 0 saturated carbocycles. The van der Waals surface area contributed by atoms with Gasteiger partial charge in [-0.2, -0.15) is 5.26 Å². The van der Waals surface area contributed by atoms with Gasteiger partial charge in [0.15, 0.2) is 5.82 Å². The van der Waals surface area contributed by atoms with Crippen LogP contribution in [0.4, 0.5) is 0 Å². The maximum Gasteiger partial charge on any atom is 0.160 e. The Balaban J connectivity index is 1.23. The molecule has 0 amide bonds. The summed E-state index contributed by atoms with van der Waals surface area (Å²) >= 11 is 0. The molecule has 3 heterocycles. The lowest BCUT2D eigenvalue weighted by Crippen LogP contribution is -1.96. The second-order valence-corrected chi connectivity index (χ2v) is 12.4. The van der Waals surface area contributed by atoms with Gasteiger partial charge in [0.25, 0.3) is 0 Å². The molecule has 238 valence electrons. The van der Waals surface area contributed by atoms with E-state index in [1.807, 2.05) is 72.9 Å². The fourth-order valence-corrected chi connectivity index (χ4v) is 6.59. The van der Waals surface area contributed by atoms with Crippen molar-refractivity contribution in [3.63, 3.8) is 0 Å². The minimum atomic E-state index is 0.572. The lowest BCUT2D eigenvalue weighted by molar-refractivity contribution is 0.669. The number of furan rings is 1. The molecule has 0 saturated heterocycles. The van der Waals surface area contributed by atoms with Gasteiger partial charge in [0.2, 0.25) is 0 Å². The SMILES string of the molecule is N#Cc1ccc2c(c1)oc1cc(-c3cc(-c4ccc(-c5cccnc5)cc4)cc(-c4cc(-c5ccccc5)nc(-c5ccccc5)n4)c3)ccc12. The molecule has 0 radical (unpaired) electrons. The van der Waals surface area contributed by atoms with Crippen LogP contribution in [0.1, 0.15) is 5.56 Å². The summed E-state index contributed by atoms with van der Waals surface area (Å²) in [6.45, 7) is 0. The molecule has 0 aliphatic rings. The summed E-state index contributed by atoms with van der Waals surface area (Å²) in [6, 6.07) is 55.8. The van der Waals surface area contributed by atoms with Gasteiger partial charge in [0.05, 0.1) is 23.0 Å². The number of pyridine rings is 1. The van der Waals surface area contributed by atoms with Gasteiger partial charge in [0.1, 0.15) is 11.2 Å². The first-order valence-electron chi connectivity index (χ1n) is 16.7. The predicted molar refractivity (Wildman–Crippen MR) is 204 cm³/mol. The Labute approximate surface area is 294 Å². The van der Waals surface area contributed by atoms with E-state index >= 15 is 0 Å². The normalized spacial score (nSPS) is 11.1. The Morgan fingerprint density at radius 3 is 1.69 bits per heavy atom. The molecule has 5 nitrogen and oxygen atoms in total. The van der Waals surface area contributed by atoms with E-state index in [9.17, 15) is 5.26 Å². The smallest absolute Gasteiger partial charge is 0.160 e. The first-order valence-corrected chi connectivity index (χ1v) is 16.7. The van der Waals surface area contributed by atoms with Crippen LogP contribution in [0.15, 0.2) is 175 Å². The zero-order valence-electron chi connectivity index (χ0n) is 27.4. The summed E-state index contributed by atoms with van der Waals surface area (Å²) < 4.78 is 6.29. The molecule has 0 bridgehead atoms. The van der Waals surface area contributed by atoms with Crippen molar-refractivity contribution >= 4 is 21.9 Å². The summed E-state index contributed by atoms with van der Waals surface area (Å²) in [7, 11) is 0. The molecule has 0 unspecified atom stereocenters. The van der Waals surface area contributed by atoms with Crippen molar-refractivity contribution in [2.24, 2.45) is 0 Å². The van der Waals surface area contributed by atoms with Gasteiger partial charge in [0, 0.05) is 39.9 Å². The number of benzene rings is 6. The van der Waals surface area contributed by atoms with E-state index in [-0.39, 0.29) is 0 Å². The maximum atomic E-state index is 9.44. The summed E-state index contributed by atoms with van der Waals surface area (Å²) in [4.78, 5) is 14.5. The van der Waals surface area contributed by atoms with E-state index in [0.717, 1.165) is 77.8 Å². The highest BCUT2D eigenvalue weighted by Crippen LogP contribution is 2.38. The molecule has 3 aromatic heterocycles. The van der Waals surface area contributed by atoms with Gasteiger partial charge in [-0.15, -0.1) is 0 Å². The summed E-state index contributed by atoms with van der Waals surface area (Å²) in [5.41, 5.74) is 13.0. The molecule has 0 aliphatic carbocycles. The third-order valence-electron chi connectivity index (χ3n) is 9.21. The van der Waals surface area contributed by atoms with Crippen molar-refractivity contribution in [2.45, 2.75) is 0 Å². The van der Waals surface area contributed by atoms with Crippen molar-refractivity contribution in [3.8, 4) is 73.4 Å². The number of fused-ring (bicyclic) bond motifs is 3. The van der Waals surface area contributed by atoms with E-state index in [1.54, 1.807) is 12.3 Å². The minimum Gasteiger partial charge on any atom is -0.456 e. The molecule has 9 aromatic rings. The van der Waals surface area contributed by atoms with Crippen LogP contribution < -0.4 is 0 Å². The fourth-order valence-electron chi connectivity index (χ4n) is 6.59. The Hall–Kier alpha value is -7.16. The van der Waals surface area contributed by atoms with Crippen LogP contribution in [0.3, 0.4) is 0 Å². The zero-order chi connectivity index (χ0) is 34.1. The minimum absolute atomic E-state index is 0.572. The molecular weight excluding hydrogens is 625 g/mol. The number of hydrogen-bond acceptors (Lipinski definition) is 5. The van der Waals surface area contributed by atoms with Crippen molar-refractivity contribution < 1.29 is 4.42 Å². The van der Waals surface area contributed by atoms with Crippen molar-refractivity contribution in [2.75, 3.05) is 0 Å². The van der Waals surface area contributed by atoms with Gasteiger partial charge in [-0.25, -0.2) is 9.97 Å². The van der Waals surface area contributed by atoms with Gasteiger partial charge in [-0.1, -0.05) is 97.1 Å². The quantitative estimate of drug-likeness (QED) is 0.179. The van der Waals surface area contributed by atoms with E-state index in [4.69, 9.17) is 14.4 Å². The fraction of sp³-hybridized carbons (Fsp3) is 0. The highest BCUT2D eigenvalue weighted by molar-refractivity contribution is 6.06. The summed E-state index contributed by atoms with van der Waals surface area (Å²) in [5.74, 6) is 0.667. The largest absolute Gasteiger partial charge is 0.456 e. The molecule has 9 rings (SSSR count). The van der Waals surface area contributed by atoms with Crippen LogP contribution in [0.5, 0.6) is 0 Å². The second-order valence-electron chi connectivity index (χ2n) is 12.4. The Kier molecular flexibility index (Phi) is 7.46. The van der Waals surface area contributed by atoms with Crippen molar-refractivity contribution in [1.82, 2.24) is 15.0 Å². The summed E-state index contributed by atoms with van der Waals surface area (Å²) in [6.07, 6.45) is 3.67. The van der Waals surface area contributed by atoms with Crippen LogP contribution in [0.25, 0.3) is 89.2 Å². The second kappa shape index (κ2) is 12.7.